The summed E-state index contributed by atoms with van der Waals surface area (Å²) in [6.45, 7) is 4.57. The third kappa shape index (κ3) is 4.28. The molecule has 0 unspecified atom stereocenters. The van der Waals surface area contributed by atoms with Crippen LogP contribution < -0.4 is 4.74 Å². The van der Waals surface area contributed by atoms with E-state index in [0.29, 0.717) is 18.8 Å². The number of amides is 1. The van der Waals surface area contributed by atoms with E-state index < -0.39 is 6.36 Å². The van der Waals surface area contributed by atoms with Crippen LogP contribution in [0.15, 0.2) is 24.3 Å². The lowest BCUT2D eigenvalue weighted by atomic mass is 10.2. The molecule has 1 aliphatic heterocycles. The molecule has 1 aromatic heterocycles. The Hall–Kier alpha value is -2.69. The standard InChI is InChI=1S/C15H16F3N5O3/c1-9-7-22(8-10(2)25-9)14(24)13-19-21-23(20-13)11-3-5-12(6-4-11)26-15(16,17)18/h3-6,9-10H,7-8H2,1-2H3/t9-,10-/m0/s1. The first-order valence-electron chi connectivity index (χ1n) is 7.82. The van der Waals surface area contributed by atoms with Gasteiger partial charge in [0.05, 0.1) is 17.9 Å². The molecular weight excluding hydrogens is 355 g/mol. The first kappa shape index (κ1) is 18.1. The number of carbonyl (C=O) groups is 1. The van der Waals surface area contributed by atoms with Crippen LogP contribution in [0.3, 0.4) is 0 Å². The topological polar surface area (TPSA) is 82.4 Å². The van der Waals surface area contributed by atoms with Gasteiger partial charge in [0.1, 0.15) is 5.75 Å². The van der Waals surface area contributed by atoms with Crippen LogP contribution in [0, 0.1) is 0 Å². The van der Waals surface area contributed by atoms with Crippen LogP contribution in [-0.4, -0.2) is 62.7 Å². The Bertz CT molecular complexity index is 768. The number of nitrogens with zero attached hydrogens (tertiary/aromatic N) is 5. The van der Waals surface area contributed by atoms with Crippen molar-refractivity contribution in [2.75, 3.05) is 13.1 Å². The summed E-state index contributed by atoms with van der Waals surface area (Å²) in [5, 5.41) is 11.5. The molecule has 3 rings (SSSR count). The maximum atomic E-state index is 12.5. The average Bonchev–Trinajstić information content (AvgIpc) is 3.02. The van der Waals surface area contributed by atoms with E-state index in [9.17, 15) is 18.0 Å². The Kier molecular flexibility index (Phi) is 4.81. The Balaban J connectivity index is 1.72. The Labute approximate surface area is 146 Å². The van der Waals surface area contributed by atoms with Crippen molar-refractivity contribution in [1.82, 2.24) is 25.1 Å². The zero-order valence-corrected chi connectivity index (χ0v) is 14.0. The lowest BCUT2D eigenvalue weighted by Crippen LogP contribution is -2.48. The normalized spacial score (nSPS) is 20.9. The first-order chi connectivity index (χ1) is 12.2. The molecule has 0 saturated carbocycles. The molecule has 1 aliphatic rings. The van der Waals surface area contributed by atoms with Crippen molar-refractivity contribution >= 4 is 5.91 Å². The molecule has 2 aromatic rings. The fourth-order valence-electron chi connectivity index (χ4n) is 2.68. The van der Waals surface area contributed by atoms with Crippen LogP contribution >= 0.6 is 0 Å². The van der Waals surface area contributed by atoms with Gasteiger partial charge >= 0.3 is 6.36 Å². The van der Waals surface area contributed by atoms with E-state index in [4.69, 9.17) is 4.74 Å². The molecule has 0 radical (unpaired) electrons. The van der Waals surface area contributed by atoms with Crippen molar-refractivity contribution in [2.24, 2.45) is 0 Å². The van der Waals surface area contributed by atoms with Crippen LogP contribution in [0.2, 0.25) is 0 Å². The number of rotatable bonds is 3. The van der Waals surface area contributed by atoms with Crippen molar-refractivity contribution in [3.05, 3.63) is 30.1 Å². The summed E-state index contributed by atoms with van der Waals surface area (Å²) in [5.41, 5.74) is 0.342. The molecule has 0 N–H and O–H groups in total. The molecule has 0 aliphatic carbocycles. The number of alkyl halides is 3. The van der Waals surface area contributed by atoms with Crippen LogP contribution in [0.1, 0.15) is 24.5 Å². The summed E-state index contributed by atoms with van der Waals surface area (Å²) >= 11 is 0. The molecule has 8 nitrogen and oxygen atoms in total. The molecule has 1 amide bonds. The minimum atomic E-state index is -4.76. The predicted molar refractivity (Wildman–Crippen MR) is 81.7 cm³/mol. The molecule has 1 saturated heterocycles. The smallest absolute Gasteiger partial charge is 0.406 e. The number of ether oxygens (including phenoxy) is 2. The number of hydrogen-bond donors (Lipinski definition) is 0. The van der Waals surface area contributed by atoms with Gasteiger partial charge in [0.15, 0.2) is 0 Å². The van der Waals surface area contributed by atoms with Crippen LogP contribution in [-0.2, 0) is 4.74 Å². The van der Waals surface area contributed by atoms with Gasteiger partial charge in [-0.25, -0.2) is 0 Å². The van der Waals surface area contributed by atoms with Crippen LogP contribution in [0.5, 0.6) is 5.75 Å². The monoisotopic (exact) mass is 371 g/mol. The van der Waals surface area contributed by atoms with Crippen LogP contribution in [0.4, 0.5) is 13.2 Å². The second-order valence-electron chi connectivity index (χ2n) is 5.91. The minimum absolute atomic E-state index is 0.0954. The van der Waals surface area contributed by atoms with E-state index in [0.717, 1.165) is 16.9 Å². The van der Waals surface area contributed by atoms with Crippen molar-refractivity contribution in [3.63, 3.8) is 0 Å². The van der Waals surface area contributed by atoms with Gasteiger partial charge in [0.2, 0.25) is 0 Å². The number of morpholine rings is 1. The van der Waals surface area contributed by atoms with Crippen molar-refractivity contribution < 1.29 is 27.4 Å². The molecule has 2 atom stereocenters. The van der Waals surface area contributed by atoms with E-state index in [1.165, 1.54) is 12.1 Å². The molecule has 0 spiro atoms. The molecule has 0 bridgehead atoms. The van der Waals surface area contributed by atoms with Gasteiger partial charge in [0, 0.05) is 13.1 Å². The second-order valence-corrected chi connectivity index (χ2v) is 5.91. The fraction of sp³-hybridized carbons (Fsp3) is 0.467. The van der Waals surface area contributed by atoms with E-state index in [1.807, 2.05) is 13.8 Å². The largest absolute Gasteiger partial charge is 0.573 e. The Morgan fingerprint density at radius 3 is 2.38 bits per heavy atom. The maximum Gasteiger partial charge on any atom is 0.573 e. The van der Waals surface area contributed by atoms with Gasteiger partial charge < -0.3 is 14.4 Å². The van der Waals surface area contributed by atoms with Gasteiger partial charge in [0.25, 0.3) is 11.7 Å². The highest BCUT2D eigenvalue weighted by Crippen LogP contribution is 2.23. The highest BCUT2D eigenvalue weighted by Gasteiger charge is 2.31. The molecule has 1 aromatic carbocycles. The van der Waals surface area contributed by atoms with Crippen molar-refractivity contribution in [2.45, 2.75) is 32.4 Å². The summed E-state index contributed by atoms with van der Waals surface area (Å²) < 4.78 is 45.9. The molecular formula is C15H16F3N5O3. The van der Waals surface area contributed by atoms with Crippen molar-refractivity contribution in [3.8, 4) is 11.4 Å². The summed E-state index contributed by atoms with van der Waals surface area (Å²) in [7, 11) is 0. The minimum Gasteiger partial charge on any atom is -0.406 e. The highest BCUT2D eigenvalue weighted by atomic mass is 19.4. The van der Waals surface area contributed by atoms with Gasteiger partial charge in [-0.05, 0) is 43.3 Å². The fourth-order valence-corrected chi connectivity index (χ4v) is 2.68. The molecule has 26 heavy (non-hydrogen) atoms. The van der Waals surface area contributed by atoms with Gasteiger partial charge in [-0.2, -0.15) is 0 Å². The van der Waals surface area contributed by atoms with E-state index in [2.05, 4.69) is 20.1 Å². The van der Waals surface area contributed by atoms with Gasteiger partial charge in [-0.1, -0.05) is 0 Å². The zero-order chi connectivity index (χ0) is 18.9. The van der Waals surface area contributed by atoms with Gasteiger partial charge in [-0.15, -0.1) is 28.2 Å². The summed E-state index contributed by atoms with van der Waals surface area (Å²) in [6.07, 6.45) is -4.96. The summed E-state index contributed by atoms with van der Waals surface area (Å²) in [5.74, 6) is -0.842. The zero-order valence-electron chi connectivity index (χ0n) is 14.0. The SMILES string of the molecule is C[C@H]1CN(C(=O)c2nnn(-c3ccc(OC(F)(F)F)cc3)n2)C[C@H](C)O1. The van der Waals surface area contributed by atoms with E-state index in [1.54, 1.807) is 4.90 Å². The number of aromatic nitrogens is 4. The quantitative estimate of drug-likeness (QED) is 0.819. The predicted octanol–water partition coefficient (Wildman–Crippen LogP) is 1.81. The second kappa shape index (κ2) is 6.90. The number of halogens is 3. The Morgan fingerprint density at radius 2 is 1.81 bits per heavy atom. The molecule has 1 fully saturated rings. The third-order valence-corrected chi connectivity index (χ3v) is 3.61. The third-order valence-electron chi connectivity index (χ3n) is 3.61. The number of tetrazole rings is 1. The van der Waals surface area contributed by atoms with Crippen molar-refractivity contribution in [1.29, 1.82) is 0 Å². The lowest BCUT2D eigenvalue weighted by Gasteiger charge is -2.34. The lowest BCUT2D eigenvalue weighted by molar-refractivity contribution is -0.274. The van der Waals surface area contributed by atoms with E-state index >= 15 is 0 Å². The van der Waals surface area contributed by atoms with E-state index in [-0.39, 0.29) is 29.7 Å². The summed E-state index contributed by atoms with van der Waals surface area (Å²) in [4.78, 5) is 15.1. The highest BCUT2D eigenvalue weighted by molar-refractivity contribution is 5.90. The molecule has 11 heteroatoms. The average molecular weight is 371 g/mol. The van der Waals surface area contributed by atoms with Gasteiger partial charge in [-0.3, -0.25) is 4.79 Å². The maximum absolute atomic E-state index is 12.5. The summed E-state index contributed by atoms with van der Waals surface area (Å²) in [6, 6.07) is 4.91. The number of hydrogen-bond acceptors (Lipinski definition) is 6. The molecule has 140 valence electrons. The Morgan fingerprint density at radius 1 is 1.19 bits per heavy atom. The number of carbonyl (C=O) groups excluding carboxylic acids is 1. The first-order valence-corrected chi connectivity index (χ1v) is 7.82. The number of benzene rings is 1. The molecule has 2 heterocycles. The van der Waals surface area contributed by atoms with Crippen LogP contribution in [0.25, 0.3) is 5.69 Å².